The van der Waals surface area contributed by atoms with Crippen molar-refractivity contribution in [3.63, 3.8) is 0 Å². The predicted octanol–water partition coefficient (Wildman–Crippen LogP) is 2.68. The first kappa shape index (κ1) is 17.3. The Hall–Kier alpha value is -2.09. The number of rotatable bonds is 5. The standard InChI is InChI=1S/C15H18F2N2O4/c1-3-23-8-10-4-5-18(7-10)15(20)12-13(16)9(2)6-11(14(12)17)19(21)22/h6,10H,3-5,7-8H2,1-2H3/t10-/m1/s1. The monoisotopic (exact) mass is 328 g/mol. The van der Waals surface area contributed by atoms with Gasteiger partial charge < -0.3 is 9.64 Å². The van der Waals surface area contributed by atoms with Crippen LogP contribution >= 0.6 is 0 Å². The number of nitrogens with zero attached hydrogens (tertiary/aromatic N) is 2. The maximum absolute atomic E-state index is 14.2. The fourth-order valence-electron chi connectivity index (χ4n) is 2.67. The van der Waals surface area contributed by atoms with Gasteiger partial charge in [0.05, 0.1) is 11.5 Å². The van der Waals surface area contributed by atoms with Crippen molar-refractivity contribution in [1.82, 2.24) is 4.90 Å². The lowest BCUT2D eigenvalue weighted by Gasteiger charge is -2.18. The lowest BCUT2D eigenvalue weighted by Crippen LogP contribution is -2.31. The first-order valence-corrected chi connectivity index (χ1v) is 7.36. The molecule has 0 N–H and O–H groups in total. The van der Waals surface area contributed by atoms with Crippen LogP contribution in [0.5, 0.6) is 0 Å². The Labute approximate surface area is 132 Å². The maximum atomic E-state index is 14.2. The van der Waals surface area contributed by atoms with E-state index in [-0.39, 0.29) is 11.5 Å². The summed E-state index contributed by atoms with van der Waals surface area (Å²) in [7, 11) is 0. The number of amides is 1. The van der Waals surface area contributed by atoms with E-state index in [0.29, 0.717) is 32.7 Å². The zero-order valence-corrected chi connectivity index (χ0v) is 13.0. The average Bonchev–Trinajstić information content (AvgIpc) is 2.97. The minimum atomic E-state index is -1.42. The summed E-state index contributed by atoms with van der Waals surface area (Å²) in [6.07, 6.45) is 0.670. The SMILES string of the molecule is CCOC[C@@H]1CCN(C(=O)c2c(F)c(C)cc([N+](=O)[O-])c2F)C1. The van der Waals surface area contributed by atoms with Gasteiger partial charge in [-0.05, 0) is 25.8 Å². The van der Waals surface area contributed by atoms with Gasteiger partial charge in [0.2, 0.25) is 5.82 Å². The summed E-state index contributed by atoms with van der Waals surface area (Å²) >= 11 is 0. The number of aryl methyl sites for hydroxylation is 1. The van der Waals surface area contributed by atoms with Crippen LogP contribution in [-0.2, 0) is 4.74 Å². The number of nitro groups is 1. The number of carbonyl (C=O) groups excluding carboxylic acids is 1. The molecule has 0 radical (unpaired) electrons. The molecule has 0 unspecified atom stereocenters. The number of likely N-dealkylation sites (tertiary alicyclic amines) is 1. The Morgan fingerprint density at radius 1 is 1.48 bits per heavy atom. The lowest BCUT2D eigenvalue weighted by atomic mass is 10.1. The molecule has 8 heteroatoms. The van der Waals surface area contributed by atoms with Gasteiger partial charge in [0, 0.05) is 31.7 Å². The molecule has 126 valence electrons. The van der Waals surface area contributed by atoms with Crippen molar-refractivity contribution in [2.24, 2.45) is 5.92 Å². The van der Waals surface area contributed by atoms with E-state index in [9.17, 15) is 23.7 Å². The summed E-state index contributed by atoms with van der Waals surface area (Å²) in [4.78, 5) is 23.6. The quantitative estimate of drug-likeness (QED) is 0.615. The smallest absolute Gasteiger partial charge is 0.306 e. The van der Waals surface area contributed by atoms with Gasteiger partial charge in [-0.15, -0.1) is 0 Å². The topological polar surface area (TPSA) is 72.7 Å². The highest BCUT2D eigenvalue weighted by Crippen LogP contribution is 2.29. The second kappa shape index (κ2) is 6.99. The van der Waals surface area contributed by atoms with Crippen LogP contribution in [0.25, 0.3) is 0 Å². The lowest BCUT2D eigenvalue weighted by molar-refractivity contribution is -0.387. The minimum Gasteiger partial charge on any atom is -0.381 e. The Morgan fingerprint density at radius 3 is 2.78 bits per heavy atom. The third-order valence-corrected chi connectivity index (χ3v) is 3.90. The molecule has 23 heavy (non-hydrogen) atoms. The second-order valence-corrected chi connectivity index (χ2v) is 5.54. The van der Waals surface area contributed by atoms with Crippen molar-refractivity contribution in [1.29, 1.82) is 0 Å². The highest BCUT2D eigenvalue weighted by molar-refractivity contribution is 5.96. The molecule has 1 aliphatic rings. The van der Waals surface area contributed by atoms with Crippen LogP contribution in [-0.4, -0.2) is 42.0 Å². The van der Waals surface area contributed by atoms with Gasteiger partial charge in [-0.25, -0.2) is 4.39 Å². The van der Waals surface area contributed by atoms with Gasteiger partial charge in [0.15, 0.2) is 0 Å². The summed E-state index contributed by atoms with van der Waals surface area (Å²) in [5.74, 6) is -3.22. The number of halogens is 2. The van der Waals surface area contributed by atoms with Crippen LogP contribution in [0.3, 0.4) is 0 Å². The molecule has 6 nitrogen and oxygen atoms in total. The summed E-state index contributed by atoms with van der Waals surface area (Å²) in [5, 5.41) is 10.9. The third-order valence-electron chi connectivity index (χ3n) is 3.90. The summed E-state index contributed by atoms with van der Waals surface area (Å²) in [6.45, 7) is 4.81. The van der Waals surface area contributed by atoms with Gasteiger partial charge in [-0.3, -0.25) is 14.9 Å². The molecule has 1 amide bonds. The van der Waals surface area contributed by atoms with E-state index in [1.807, 2.05) is 6.92 Å². The fourth-order valence-corrected chi connectivity index (χ4v) is 2.67. The number of carbonyl (C=O) groups is 1. The zero-order chi connectivity index (χ0) is 17.1. The van der Waals surface area contributed by atoms with E-state index in [2.05, 4.69) is 0 Å². The number of hydrogen-bond acceptors (Lipinski definition) is 4. The zero-order valence-electron chi connectivity index (χ0n) is 13.0. The Morgan fingerprint density at radius 2 is 2.17 bits per heavy atom. The van der Waals surface area contributed by atoms with Crippen LogP contribution in [0.4, 0.5) is 14.5 Å². The summed E-state index contributed by atoms with van der Waals surface area (Å²) in [5.41, 5.74) is -1.88. The molecular formula is C15H18F2N2O4. The molecule has 1 atom stereocenters. The molecule has 1 heterocycles. The first-order valence-electron chi connectivity index (χ1n) is 7.36. The van der Waals surface area contributed by atoms with E-state index in [1.165, 1.54) is 11.8 Å². The molecular weight excluding hydrogens is 310 g/mol. The number of nitro benzene ring substituents is 1. The van der Waals surface area contributed by atoms with Crippen molar-refractivity contribution < 1.29 is 23.2 Å². The van der Waals surface area contributed by atoms with Crippen LogP contribution in [0.1, 0.15) is 29.3 Å². The van der Waals surface area contributed by atoms with Crippen LogP contribution in [0.15, 0.2) is 6.07 Å². The molecule has 2 rings (SSSR count). The summed E-state index contributed by atoms with van der Waals surface area (Å²) < 4.78 is 33.7. The van der Waals surface area contributed by atoms with Crippen LogP contribution in [0, 0.1) is 34.6 Å². The van der Waals surface area contributed by atoms with E-state index in [4.69, 9.17) is 4.74 Å². The van der Waals surface area contributed by atoms with Crippen molar-refractivity contribution in [2.75, 3.05) is 26.3 Å². The Bertz CT molecular complexity index is 636. The first-order chi connectivity index (χ1) is 10.9. The molecule has 1 saturated heterocycles. The Balaban J connectivity index is 2.28. The van der Waals surface area contributed by atoms with E-state index in [0.717, 1.165) is 6.07 Å². The van der Waals surface area contributed by atoms with Crippen molar-refractivity contribution >= 4 is 11.6 Å². The largest absolute Gasteiger partial charge is 0.381 e. The van der Waals surface area contributed by atoms with Gasteiger partial charge in [0.1, 0.15) is 11.4 Å². The second-order valence-electron chi connectivity index (χ2n) is 5.54. The molecule has 0 bridgehead atoms. The molecule has 0 aliphatic carbocycles. The molecule has 0 spiro atoms. The van der Waals surface area contributed by atoms with E-state index in [1.54, 1.807) is 0 Å². The van der Waals surface area contributed by atoms with Gasteiger partial charge >= 0.3 is 5.69 Å². The van der Waals surface area contributed by atoms with E-state index < -0.39 is 33.7 Å². The number of benzene rings is 1. The van der Waals surface area contributed by atoms with Gasteiger partial charge in [0.25, 0.3) is 5.91 Å². The van der Waals surface area contributed by atoms with Gasteiger partial charge in [-0.1, -0.05) is 0 Å². The molecule has 0 aromatic heterocycles. The predicted molar refractivity (Wildman–Crippen MR) is 78.3 cm³/mol. The van der Waals surface area contributed by atoms with Crippen LogP contribution < -0.4 is 0 Å². The highest BCUT2D eigenvalue weighted by atomic mass is 19.1. The van der Waals surface area contributed by atoms with Crippen LogP contribution in [0.2, 0.25) is 0 Å². The molecule has 1 aromatic carbocycles. The summed E-state index contributed by atoms with van der Waals surface area (Å²) in [6, 6.07) is 0.795. The average molecular weight is 328 g/mol. The minimum absolute atomic E-state index is 0.102. The normalized spacial score (nSPS) is 17.6. The number of hydrogen-bond donors (Lipinski definition) is 0. The highest BCUT2D eigenvalue weighted by Gasteiger charge is 2.34. The van der Waals surface area contributed by atoms with E-state index >= 15 is 0 Å². The van der Waals surface area contributed by atoms with Crippen molar-refractivity contribution in [3.05, 3.63) is 38.9 Å². The molecule has 1 fully saturated rings. The third kappa shape index (κ3) is 3.47. The van der Waals surface area contributed by atoms with Crippen molar-refractivity contribution in [2.45, 2.75) is 20.3 Å². The molecule has 0 saturated carbocycles. The van der Waals surface area contributed by atoms with Gasteiger partial charge in [-0.2, -0.15) is 4.39 Å². The van der Waals surface area contributed by atoms with Crippen molar-refractivity contribution in [3.8, 4) is 0 Å². The Kier molecular flexibility index (Phi) is 5.25. The number of ether oxygens (including phenoxy) is 1. The maximum Gasteiger partial charge on any atom is 0.306 e. The molecule has 1 aliphatic heterocycles. The fraction of sp³-hybridized carbons (Fsp3) is 0.533. The molecule has 1 aromatic rings.